The Morgan fingerprint density at radius 3 is 2.75 bits per heavy atom. The minimum Gasteiger partial charge on any atom is -0.493 e. The van der Waals surface area contributed by atoms with E-state index in [1.165, 1.54) is 0 Å². The van der Waals surface area contributed by atoms with Gasteiger partial charge in [0.25, 0.3) is 0 Å². The van der Waals surface area contributed by atoms with Crippen LogP contribution in [0, 0.1) is 0 Å². The highest BCUT2D eigenvalue weighted by Crippen LogP contribution is 2.27. The Morgan fingerprint density at radius 1 is 1.25 bits per heavy atom. The minimum absolute atomic E-state index is 0.0757. The number of nitrogens with zero attached hydrogens (tertiary/aromatic N) is 3. The molecular formula is C20H27N5O3. The lowest BCUT2D eigenvalue weighted by molar-refractivity contribution is 0.235. The predicted molar refractivity (Wildman–Crippen MR) is 107 cm³/mol. The smallest absolute Gasteiger partial charge is 0.315 e. The summed E-state index contributed by atoms with van der Waals surface area (Å²) < 4.78 is 10.5. The van der Waals surface area contributed by atoms with Gasteiger partial charge < -0.3 is 25.0 Å². The largest absolute Gasteiger partial charge is 0.493 e. The Balaban J connectivity index is 1.53. The van der Waals surface area contributed by atoms with Crippen LogP contribution < -0.4 is 25.0 Å². The van der Waals surface area contributed by atoms with E-state index in [4.69, 9.17) is 9.47 Å². The Hall–Kier alpha value is -3.03. The first-order valence-corrected chi connectivity index (χ1v) is 9.27. The summed E-state index contributed by atoms with van der Waals surface area (Å²) in [6.45, 7) is 0.408. The van der Waals surface area contributed by atoms with Crippen molar-refractivity contribution in [1.82, 2.24) is 20.6 Å². The first-order valence-electron chi connectivity index (χ1n) is 9.27. The second-order valence-electron chi connectivity index (χ2n) is 6.99. The van der Waals surface area contributed by atoms with Gasteiger partial charge in [-0.3, -0.25) is 0 Å². The quantitative estimate of drug-likeness (QED) is 0.790. The molecule has 1 atom stereocenters. The summed E-state index contributed by atoms with van der Waals surface area (Å²) in [5, 5.41) is 5.95. The van der Waals surface area contributed by atoms with Gasteiger partial charge in [-0.25, -0.2) is 14.8 Å². The van der Waals surface area contributed by atoms with E-state index in [1.54, 1.807) is 14.2 Å². The van der Waals surface area contributed by atoms with Crippen LogP contribution >= 0.6 is 0 Å². The number of aryl methyl sites for hydroxylation is 1. The summed E-state index contributed by atoms with van der Waals surface area (Å²) in [6.07, 6.45) is 4.31. The van der Waals surface area contributed by atoms with E-state index in [1.807, 2.05) is 43.4 Å². The summed E-state index contributed by atoms with van der Waals surface area (Å²) in [6, 6.07) is 5.47. The number of rotatable bonds is 6. The fourth-order valence-corrected chi connectivity index (χ4v) is 3.25. The van der Waals surface area contributed by atoms with E-state index in [2.05, 4.69) is 20.6 Å². The molecule has 8 nitrogen and oxygen atoms in total. The molecule has 28 heavy (non-hydrogen) atoms. The molecule has 0 fully saturated rings. The van der Waals surface area contributed by atoms with Crippen LogP contribution in [0.4, 0.5) is 10.7 Å². The zero-order valence-electron chi connectivity index (χ0n) is 16.8. The maximum atomic E-state index is 12.3. The molecule has 1 heterocycles. The highest BCUT2D eigenvalue weighted by Gasteiger charge is 2.22. The number of fused-ring (bicyclic) bond motifs is 1. The molecule has 0 saturated carbocycles. The topological polar surface area (TPSA) is 88.6 Å². The lowest BCUT2D eigenvalue weighted by atomic mass is 9.93. The van der Waals surface area contributed by atoms with Gasteiger partial charge in [0.15, 0.2) is 11.5 Å². The summed E-state index contributed by atoms with van der Waals surface area (Å²) >= 11 is 0. The van der Waals surface area contributed by atoms with Gasteiger partial charge in [-0.1, -0.05) is 6.07 Å². The number of urea groups is 1. The Morgan fingerprint density at radius 2 is 2.04 bits per heavy atom. The van der Waals surface area contributed by atoms with Gasteiger partial charge in [-0.05, 0) is 42.5 Å². The molecule has 0 radical (unpaired) electrons. The normalized spacial score (nSPS) is 15.4. The number of nitrogens with one attached hydrogen (secondary N) is 2. The van der Waals surface area contributed by atoms with Crippen molar-refractivity contribution in [1.29, 1.82) is 0 Å². The van der Waals surface area contributed by atoms with E-state index < -0.39 is 0 Å². The lowest BCUT2D eigenvalue weighted by Gasteiger charge is -2.25. The van der Waals surface area contributed by atoms with Crippen molar-refractivity contribution >= 4 is 12.0 Å². The molecule has 1 unspecified atom stereocenters. The van der Waals surface area contributed by atoms with Gasteiger partial charge in [0.1, 0.15) is 0 Å². The van der Waals surface area contributed by atoms with Crippen molar-refractivity contribution in [2.24, 2.45) is 0 Å². The molecule has 2 aromatic rings. The van der Waals surface area contributed by atoms with Gasteiger partial charge in [-0.15, -0.1) is 0 Å². The molecule has 1 aromatic heterocycles. The van der Waals surface area contributed by atoms with Crippen LogP contribution in [0.5, 0.6) is 11.5 Å². The summed E-state index contributed by atoms with van der Waals surface area (Å²) in [5.41, 5.74) is 3.11. The van der Waals surface area contributed by atoms with Crippen molar-refractivity contribution < 1.29 is 14.3 Å². The number of ether oxygens (including phenoxy) is 2. The first-order chi connectivity index (χ1) is 13.5. The lowest BCUT2D eigenvalue weighted by Crippen LogP contribution is -2.44. The van der Waals surface area contributed by atoms with Crippen LogP contribution in [0.25, 0.3) is 0 Å². The van der Waals surface area contributed by atoms with E-state index in [-0.39, 0.29) is 12.1 Å². The SMILES string of the molecule is COc1ccc(CNC(=O)NC2CCc3nc(N(C)C)ncc3C2)cc1OC. The standard InChI is InChI=1S/C20H27N5O3/c1-25(2)19-21-12-14-10-15(6-7-16(14)24-19)23-20(26)22-11-13-5-8-17(27-3)18(9-13)28-4/h5,8-9,12,15H,6-7,10-11H2,1-4H3,(H2,22,23,26). The first kappa shape index (κ1) is 19.7. The molecule has 0 aliphatic heterocycles. The highest BCUT2D eigenvalue weighted by atomic mass is 16.5. The van der Waals surface area contributed by atoms with Gasteiger partial charge in [0, 0.05) is 38.6 Å². The van der Waals surface area contributed by atoms with E-state index in [9.17, 15) is 4.79 Å². The molecule has 0 bridgehead atoms. The minimum atomic E-state index is -0.186. The maximum Gasteiger partial charge on any atom is 0.315 e. The molecule has 0 saturated heterocycles. The van der Waals surface area contributed by atoms with E-state index >= 15 is 0 Å². The molecular weight excluding hydrogens is 358 g/mol. The molecule has 1 aromatic carbocycles. The Kier molecular flexibility index (Phi) is 6.18. The van der Waals surface area contributed by atoms with Crippen molar-refractivity contribution in [2.45, 2.75) is 31.8 Å². The highest BCUT2D eigenvalue weighted by molar-refractivity contribution is 5.74. The summed E-state index contributed by atoms with van der Waals surface area (Å²) in [7, 11) is 7.04. The molecule has 0 spiro atoms. The van der Waals surface area contributed by atoms with Gasteiger partial charge in [0.2, 0.25) is 5.95 Å². The van der Waals surface area contributed by atoms with E-state index in [0.717, 1.165) is 42.0 Å². The number of carbonyl (C=O) groups excluding carboxylic acids is 1. The predicted octanol–water partition coefficient (Wildman–Crippen LogP) is 1.92. The number of amides is 2. The van der Waals surface area contributed by atoms with Crippen LogP contribution in [-0.2, 0) is 19.4 Å². The van der Waals surface area contributed by atoms with Crippen molar-refractivity contribution in [3.05, 3.63) is 41.2 Å². The number of aromatic nitrogens is 2. The van der Waals surface area contributed by atoms with Crippen LogP contribution in [0.2, 0.25) is 0 Å². The molecule has 3 rings (SSSR count). The van der Waals surface area contributed by atoms with Gasteiger partial charge in [-0.2, -0.15) is 0 Å². The molecule has 2 N–H and O–H groups in total. The third-order valence-corrected chi connectivity index (χ3v) is 4.77. The molecule has 150 valence electrons. The fourth-order valence-electron chi connectivity index (χ4n) is 3.25. The monoisotopic (exact) mass is 385 g/mol. The van der Waals surface area contributed by atoms with Crippen LogP contribution in [0.3, 0.4) is 0 Å². The maximum absolute atomic E-state index is 12.3. The van der Waals surface area contributed by atoms with E-state index in [0.29, 0.717) is 18.0 Å². The number of hydrogen-bond acceptors (Lipinski definition) is 6. The summed E-state index contributed by atoms with van der Waals surface area (Å²) in [4.78, 5) is 23.2. The average Bonchev–Trinajstić information content (AvgIpc) is 2.71. The third kappa shape index (κ3) is 4.62. The average molecular weight is 385 g/mol. The zero-order chi connectivity index (χ0) is 20.1. The zero-order valence-corrected chi connectivity index (χ0v) is 16.8. The van der Waals surface area contributed by atoms with Crippen molar-refractivity contribution in [2.75, 3.05) is 33.2 Å². The van der Waals surface area contributed by atoms with Crippen molar-refractivity contribution in [3.8, 4) is 11.5 Å². The molecule has 1 aliphatic rings. The van der Waals surface area contributed by atoms with Gasteiger partial charge in [0.05, 0.1) is 14.2 Å². The van der Waals surface area contributed by atoms with Crippen LogP contribution in [0.1, 0.15) is 23.2 Å². The second kappa shape index (κ2) is 8.77. The summed E-state index contributed by atoms with van der Waals surface area (Å²) in [5.74, 6) is 2.03. The molecule has 1 aliphatic carbocycles. The number of anilines is 1. The number of carbonyl (C=O) groups is 1. The van der Waals surface area contributed by atoms with Crippen LogP contribution in [0.15, 0.2) is 24.4 Å². The van der Waals surface area contributed by atoms with Crippen LogP contribution in [-0.4, -0.2) is 50.4 Å². The molecule has 2 amide bonds. The number of methoxy groups -OCH3 is 2. The Bertz CT molecular complexity index is 841. The Labute approximate surface area is 165 Å². The number of hydrogen-bond donors (Lipinski definition) is 2. The third-order valence-electron chi connectivity index (χ3n) is 4.77. The number of benzene rings is 1. The second-order valence-corrected chi connectivity index (χ2v) is 6.99. The fraction of sp³-hybridized carbons (Fsp3) is 0.450. The van der Waals surface area contributed by atoms with Gasteiger partial charge >= 0.3 is 6.03 Å². The van der Waals surface area contributed by atoms with Crippen molar-refractivity contribution in [3.63, 3.8) is 0 Å². The molecule has 8 heteroatoms.